The molecule has 1 saturated heterocycles. The van der Waals surface area contributed by atoms with Crippen LogP contribution in [-0.4, -0.2) is 38.8 Å². The first-order valence-corrected chi connectivity index (χ1v) is 6.92. The predicted molar refractivity (Wildman–Crippen MR) is 72.8 cm³/mol. The molecule has 2 heterocycles. The fraction of sp³-hybridized carbons (Fsp3) is 0.714. The number of aryl methyl sites for hydroxylation is 2. The van der Waals surface area contributed by atoms with Gasteiger partial charge in [0.15, 0.2) is 0 Å². The number of aromatic nitrogens is 2. The number of hydrogen-bond acceptors (Lipinski definition) is 3. The molecule has 1 atom stereocenters. The Labute approximate surface area is 114 Å². The average molecular weight is 265 g/mol. The first kappa shape index (κ1) is 14.1. The third-order valence-electron chi connectivity index (χ3n) is 4.10. The zero-order valence-electron chi connectivity index (χ0n) is 12.0. The van der Waals surface area contributed by atoms with Gasteiger partial charge in [-0.25, -0.2) is 0 Å². The van der Waals surface area contributed by atoms with E-state index in [1.165, 1.54) is 0 Å². The monoisotopic (exact) mass is 265 g/mol. The summed E-state index contributed by atoms with van der Waals surface area (Å²) in [6.07, 6.45) is 2.45. The first-order valence-electron chi connectivity index (χ1n) is 6.92. The van der Waals surface area contributed by atoms with Crippen LogP contribution in [0.2, 0.25) is 0 Å². The maximum absolute atomic E-state index is 11.5. The number of likely N-dealkylation sites (tertiary alicyclic amines) is 1. The maximum atomic E-state index is 11.5. The van der Waals surface area contributed by atoms with Gasteiger partial charge in [0, 0.05) is 20.1 Å². The molecule has 0 radical (unpaired) electrons. The van der Waals surface area contributed by atoms with Gasteiger partial charge in [0.25, 0.3) is 0 Å². The quantitative estimate of drug-likeness (QED) is 0.882. The molecule has 1 unspecified atom stereocenters. The van der Waals surface area contributed by atoms with Crippen LogP contribution in [0.3, 0.4) is 0 Å². The van der Waals surface area contributed by atoms with E-state index in [0.717, 1.165) is 43.7 Å². The molecule has 0 aliphatic carbocycles. The Morgan fingerprint density at radius 1 is 1.58 bits per heavy atom. The van der Waals surface area contributed by atoms with Gasteiger partial charge < -0.3 is 5.11 Å². The smallest absolute Gasteiger partial charge is 0.310 e. The minimum absolute atomic E-state index is 0.539. The first-order chi connectivity index (χ1) is 8.97. The van der Waals surface area contributed by atoms with Gasteiger partial charge in [-0.2, -0.15) is 5.10 Å². The summed E-state index contributed by atoms with van der Waals surface area (Å²) in [6.45, 7) is 6.33. The van der Waals surface area contributed by atoms with E-state index in [1.54, 1.807) is 0 Å². The van der Waals surface area contributed by atoms with Crippen LogP contribution < -0.4 is 0 Å². The van der Waals surface area contributed by atoms with E-state index in [9.17, 15) is 9.90 Å². The fourth-order valence-corrected chi connectivity index (χ4v) is 3.10. The zero-order valence-corrected chi connectivity index (χ0v) is 12.0. The van der Waals surface area contributed by atoms with Gasteiger partial charge in [-0.3, -0.25) is 14.4 Å². The van der Waals surface area contributed by atoms with Crippen molar-refractivity contribution in [2.24, 2.45) is 12.5 Å². The molecule has 1 N–H and O–H groups in total. The number of hydrogen-bond donors (Lipinski definition) is 1. The standard InChI is InChI=1S/C14H23N3O2/c1-4-5-14(13(18)19)6-7-17(10-14)9-12-8-11(2)15-16(12)3/h8H,4-7,9-10H2,1-3H3,(H,18,19). The second-order valence-corrected chi connectivity index (χ2v) is 5.70. The van der Waals surface area contributed by atoms with Gasteiger partial charge in [-0.15, -0.1) is 0 Å². The molecule has 0 amide bonds. The molecule has 5 heteroatoms. The summed E-state index contributed by atoms with van der Waals surface area (Å²) in [4.78, 5) is 13.8. The highest BCUT2D eigenvalue weighted by molar-refractivity contribution is 5.75. The second-order valence-electron chi connectivity index (χ2n) is 5.70. The number of carboxylic acid groups (broad SMARTS) is 1. The summed E-state index contributed by atoms with van der Waals surface area (Å²) in [6, 6.07) is 2.07. The van der Waals surface area contributed by atoms with Crippen LogP contribution in [0.5, 0.6) is 0 Å². The highest BCUT2D eigenvalue weighted by Crippen LogP contribution is 2.36. The Morgan fingerprint density at radius 3 is 2.84 bits per heavy atom. The number of carboxylic acids is 1. The molecular formula is C14H23N3O2. The van der Waals surface area contributed by atoms with Gasteiger partial charge in [-0.1, -0.05) is 13.3 Å². The molecule has 0 spiro atoms. The minimum atomic E-state index is -0.641. The van der Waals surface area contributed by atoms with E-state index < -0.39 is 11.4 Å². The summed E-state index contributed by atoms with van der Waals surface area (Å²) >= 11 is 0. The Morgan fingerprint density at radius 2 is 2.32 bits per heavy atom. The minimum Gasteiger partial charge on any atom is -0.481 e. The van der Waals surface area contributed by atoms with E-state index >= 15 is 0 Å². The van der Waals surface area contributed by atoms with Crippen LogP contribution in [0, 0.1) is 12.3 Å². The van der Waals surface area contributed by atoms with Crippen molar-refractivity contribution >= 4 is 5.97 Å². The van der Waals surface area contributed by atoms with Gasteiger partial charge in [0.2, 0.25) is 0 Å². The predicted octanol–water partition coefficient (Wildman–Crippen LogP) is 1.81. The SMILES string of the molecule is CCCC1(C(=O)O)CCN(Cc2cc(C)nn2C)C1. The molecule has 5 nitrogen and oxygen atoms in total. The second kappa shape index (κ2) is 5.33. The van der Waals surface area contributed by atoms with Crippen molar-refractivity contribution in [3.05, 3.63) is 17.5 Å². The Balaban J connectivity index is 2.05. The van der Waals surface area contributed by atoms with Gasteiger partial charge in [-0.05, 0) is 32.4 Å². The molecule has 0 saturated carbocycles. The number of rotatable bonds is 5. The Bertz CT molecular complexity index is 469. The van der Waals surface area contributed by atoms with Crippen LogP contribution >= 0.6 is 0 Å². The molecule has 1 aromatic heterocycles. The number of carbonyl (C=O) groups is 1. The lowest BCUT2D eigenvalue weighted by atomic mass is 9.83. The van der Waals surface area contributed by atoms with Crippen molar-refractivity contribution in [2.45, 2.75) is 39.7 Å². The van der Waals surface area contributed by atoms with Gasteiger partial charge >= 0.3 is 5.97 Å². The van der Waals surface area contributed by atoms with Gasteiger partial charge in [0.05, 0.1) is 16.8 Å². The molecule has 1 aliphatic rings. The van der Waals surface area contributed by atoms with Crippen molar-refractivity contribution < 1.29 is 9.90 Å². The van der Waals surface area contributed by atoms with Crippen molar-refractivity contribution in [2.75, 3.05) is 13.1 Å². The van der Waals surface area contributed by atoms with Crippen molar-refractivity contribution in [3.63, 3.8) is 0 Å². The topological polar surface area (TPSA) is 58.4 Å². The third-order valence-corrected chi connectivity index (χ3v) is 4.10. The largest absolute Gasteiger partial charge is 0.481 e. The zero-order chi connectivity index (χ0) is 14.0. The lowest BCUT2D eigenvalue weighted by molar-refractivity contribution is -0.148. The van der Waals surface area contributed by atoms with E-state index in [0.29, 0.717) is 6.54 Å². The summed E-state index contributed by atoms with van der Waals surface area (Å²) in [5, 5.41) is 13.8. The Kier molecular flexibility index (Phi) is 3.94. The summed E-state index contributed by atoms with van der Waals surface area (Å²) in [7, 11) is 1.94. The molecule has 1 fully saturated rings. The molecule has 0 aromatic carbocycles. The van der Waals surface area contributed by atoms with Crippen LogP contribution in [0.15, 0.2) is 6.07 Å². The van der Waals surface area contributed by atoms with Crippen LogP contribution in [-0.2, 0) is 18.4 Å². The molecule has 1 aliphatic heterocycles. The van der Waals surface area contributed by atoms with E-state index in [1.807, 2.05) is 18.7 Å². The molecule has 0 bridgehead atoms. The molecule has 19 heavy (non-hydrogen) atoms. The highest BCUT2D eigenvalue weighted by Gasteiger charge is 2.43. The van der Waals surface area contributed by atoms with E-state index in [2.05, 4.69) is 23.0 Å². The normalized spacial score (nSPS) is 23.9. The van der Waals surface area contributed by atoms with Crippen molar-refractivity contribution in [1.82, 2.24) is 14.7 Å². The van der Waals surface area contributed by atoms with E-state index in [4.69, 9.17) is 0 Å². The summed E-state index contributed by atoms with van der Waals surface area (Å²) in [5.41, 5.74) is 1.62. The van der Waals surface area contributed by atoms with Crippen LogP contribution in [0.1, 0.15) is 37.6 Å². The number of nitrogens with zero attached hydrogens (tertiary/aromatic N) is 3. The maximum Gasteiger partial charge on any atom is 0.310 e. The van der Waals surface area contributed by atoms with Gasteiger partial charge in [0.1, 0.15) is 0 Å². The fourth-order valence-electron chi connectivity index (χ4n) is 3.10. The summed E-state index contributed by atoms with van der Waals surface area (Å²) < 4.78 is 1.88. The molecule has 106 valence electrons. The molecule has 1 aromatic rings. The lowest BCUT2D eigenvalue weighted by Crippen LogP contribution is -2.34. The van der Waals surface area contributed by atoms with Crippen LogP contribution in [0.4, 0.5) is 0 Å². The molecular weight excluding hydrogens is 242 g/mol. The Hall–Kier alpha value is -1.36. The number of aliphatic carboxylic acids is 1. The average Bonchev–Trinajstić information content (AvgIpc) is 2.86. The molecule has 2 rings (SSSR count). The highest BCUT2D eigenvalue weighted by atomic mass is 16.4. The van der Waals surface area contributed by atoms with E-state index in [-0.39, 0.29) is 0 Å². The third kappa shape index (κ3) is 2.81. The van der Waals surface area contributed by atoms with Crippen molar-refractivity contribution in [3.8, 4) is 0 Å². The lowest BCUT2D eigenvalue weighted by Gasteiger charge is -2.24. The summed E-state index contributed by atoms with van der Waals surface area (Å²) in [5.74, 6) is -0.641. The van der Waals surface area contributed by atoms with Crippen molar-refractivity contribution in [1.29, 1.82) is 0 Å². The van der Waals surface area contributed by atoms with Crippen LogP contribution in [0.25, 0.3) is 0 Å².